The van der Waals surface area contributed by atoms with Gasteiger partial charge in [-0.25, -0.2) is 0 Å². The van der Waals surface area contributed by atoms with Crippen LogP contribution in [0, 0.1) is 0 Å². The molecule has 0 aromatic rings. The lowest BCUT2D eigenvalue weighted by atomic mass is 10.1. The van der Waals surface area contributed by atoms with E-state index in [-0.39, 0.29) is 0 Å². The Hall–Kier alpha value is -0.560. The summed E-state index contributed by atoms with van der Waals surface area (Å²) in [7, 11) is 0. The Balaban J connectivity index is 3.05. The Morgan fingerprint density at radius 1 is 0.857 bits per heavy atom. The van der Waals surface area contributed by atoms with Crippen LogP contribution in [0.2, 0.25) is 0 Å². The Morgan fingerprint density at radius 3 is 2.21 bits per heavy atom. The van der Waals surface area contributed by atoms with E-state index in [4.69, 9.17) is 5.11 Å². The average molecular weight is 196 g/mol. The van der Waals surface area contributed by atoms with Gasteiger partial charge in [0.25, 0.3) is 0 Å². The fourth-order valence-electron chi connectivity index (χ4n) is 1.29. The lowest BCUT2D eigenvalue weighted by molar-refractivity contribution is 0.282. The first-order chi connectivity index (χ1) is 6.91. The highest BCUT2D eigenvalue weighted by Gasteiger charge is 1.87. The predicted molar refractivity (Wildman–Crippen MR) is 63.4 cm³/mol. The van der Waals surface area contributed by atoms with Crippen LogP contribution in [0.3, 0.4) is 0 Å². The second-order valence-electron chi connectivity index (χ2n) is 3.54. The summed E-state index contributed by atoms with van der Waals surface area (Å²) in [5.74, 6) is 0. The van der Waals surface area contributed by atoms with Gasteiger partial charge in [0.2, 0.25) is 0 Å². The van der Waals surface area contributed by atoms with E-state index in [2.05, 4.69) is 31.2 Å². The molecule has 0 unspecified atom stereocenters. The number of rotatable bonds is 9. The molecule has 1 N–H and O–H groups in total. The highest BCUT2D eigenvalue weighted by molar-refractivity contribution is 5.01. The molecule has 1 heteroatoms. The molecule has 82 valence electrons. The maximum Gasteiger partial charge on any atom is 0.0431 e. The molecular formula is C13H24O. The molecule has 0 heterocycles. The minimum absolute atomic E-state index is 0.349. The molecule has 0 spiro atoms. The Labute approximate surface area is 88.5 Å². The van der Waals surface area contributed by atoms with Crippen LogP contribution in [0.4, 0.5) is 0 Å². The summed E-state index contributed by atoms with van der Waals surface area (Å²) in [5, 5.41) is 8.57. The molecule has 0 fully saturated rings. The Kier molecular flexibility index (Phi) is 11.9. The van der Waals surface area contributed by atoms with Crippen molar-refractivity contribution in [3.05, 3.63) is 24.3 Å². The first kappa shape index (κ1) is 13.4. The smallest absolute Gasteiger partial charge is 0.0431 e. The van der Waals surface area contributed by atoms with Crippen LogP contribution in [-0.2, 0) is 0 Å². The molecule has 0 aliphatic heterocycles. The van der Waals surface area contributed by atoms with Gasteiger partial charge in [0.05, 0.1) is 0 Å². The zero-order valence-electron chi connectivity index (χ0n) is 9.41. The number of aliphatic hydroxyl groups is 1. The Bertz CT molecular complexity index is 147. The van der Waals surface area contributed by atoms with E-state index in [0.29, 0.717) is 6.61 Å². The molecule has 1 nitrogen and oxygen atoms in total. The number of hydrogen-bond acceptors (Lipinski definition) is 1. The van der Waals surface area contributed by atoms with E-state index >= 15 is 0 Å². The normalized spacial score (nSPS) is 11.9. The van der Waals surface area contributed by atoms with Crippen LogP contribution in [0.1, 0.15) is 51.9 Å². The Morgan fingerprint density at radius 2 is 1.50 bits per heavy atom. The maximum atomic E-state index is 8.57. The van der Waals surface area contributed by atoms with Crippen LogP contribution < -0.4 is 0 Å². The minimum Gasteiger partial charge on any atom is -0.396 e. The van der Waals surface area contributed by atoms with Crippen molar-refractivity contribution < 1.29 is 5.11 Å². The summed E-state index contributed by atoms with van der Waals surface area (Å²) >= 11 is 0. The molecular weight excluding hydrogens is 172 g/mol. The fraction of sp³-hybridized carbons (Fsp3) is 0.692. The number of unbranched alkanes of at least 4 members (excludes halogenated alkanes) is 5. The molecule has 0 amide bonds. The van der Waals surface area contributed by atoms with Gasteiger partial charge in [-0.1, -0.05) is 50.5 Å². The van der Waals surface area contributed by atoms with Crippen LogP contribution in [0.25, 0.3) is 0 Å². The lowest BCUT2D eigenvalue weighted by Crippen LogP contribution is -1.82. The highest BCUT2D eigenvalue weighted by atomic mass is 16.2. The highest BCUT2D eigenvalue weighted by Crippen LogP contribution is 2.05. The summed E-state index contributed by atoms with van der Waals surface area (Å²) in [6.07, 6.45) is 16.9. The van der Waals surface area contributed by atoms with Crippen molar-refractivity contribution >= 4 is 0 Å². The van der Waals surface area contributed by atoms with Crippen molar-refractivity contribution in [1.82, 2.24) is 0 Å². The summed E-state index contributed by atoms with van der Waals surface area (Å²) in [6.45, 7) is 2.49. The molecule has 0 radical (unpaired) electrons. The van der Waals surface area contributed by atoms with Crippen molar-refractivity contribution in [2.24, 2.45) is 0 Å². The SMILES string of the molecule is CC/C=C/C=C/CCCCCCCO. The largest absolute Gasteiger partial charge is 0.396 e. The summed E-state index contributed by atoms with van der Waals surface area (Å²) in [6, 6.07) is 0. The van der Waals surface area contributed by atoms with Gasteiger partial charge in [0, 0.05) is 6.61 Å². The third-order valence-electron chi connectivity index (χ3n) is 2.15. The molecule has 0 rings (SSSR count). The summed E-state index contributed by atoms with van der Waals surface area (Å²) in [4.78, 5) is 0. The second kappa shape index (κ2) is 12.4. The second-order valence-corrected chi connectivity index (χ2v) is 3.54. The molecule has 0 aliphatic rings. The predicted octanol–water partition coefficient (Wildman–Crippen LogP) is 3.84. The van der Waals surface area contributed by atoms with Crippen molar-refractivity contribution in [3.8, 4) is 0 Å². The third-order valence-corrected chi connectivity index (χ3v) is 2.15. The van der Waals surface area contributed by atoms with Gasteiger partial charge in [0.1, 0.15) is 0 Å². The number of allylic oxidation sites excluding steroid dienone is 4. The van der Waals surface area contributed by atoms with Crippen LogP contribution in [-0.4, -0.2) is 11.7 Å². The van der Waals surface area contributed by atoms with Crippen molar-refractivity contribution in [2.45, 2.75) is 51.9 Å². The van der Waals surface area contributed by atoms with Crippen molar-refractivity contribution in [2.75, 3.05) is 6.61 Å². The standard InChI is InChI=1S/C13H24O/c1-2-3-4-5-6-7-8-9-10-11-12-13-14/h3-6,14H,2,7-13H2,1H3/b4-3+,6-5+. The van der Waals surface area contributed by atoms with Gasteiger partial charge < -0.3 is 5.11 Å². The van der Waals surface area contributed by atoms with E-state index in [9.17, 15) is 0 Å². The molecule has 0 saturated heterocycles. The maximum absolute atomic E-state index is 8.57. The quantitative estimate of drug-likeness (QED) is 0.439. The monoisotopic (exact) mass is 196 g/mol. The van der Waals surface area contributed by atoms with Gasteiger partial charge in [-0.05, 0) is 25.7 Å². The van der Waals surface area contributed by atoms with E-state index < -0.39 is 0 Å². The molecule has 0 saturated carbocycles. The summed E-state index contributed by atoms with van der Waals surface area (Å²) < 4.78 is 0. The van der Waals surface area contributed by atoms with Crippen molar-refractivity contribution in [3.63, 3.8) is 0 Å². The summed E-state index contributed by atoms with van der Waals surface area (Å²) in [5.41, 5.74) is 0. The molecule has 0 aromatic carbocycles. The molecule has 0 bridgehead atoms. The van der Waals surface area contributed by atoms with Gasteiger partial charge in [0.15, 0.2) is 0 Å². The van der Waals surface area contributed by atoms with Gasteiger partial charge in [-0.15, -0.1) is 0 Å². The van der Waals surface area contributed by atoms with Crippen molar-refractivity contribution in [1.29, 1.82) is 0 Å². The average Bonchev–Trinajstić information content (AvgIpc) is 2.21. The van der Waals surface area contributed by atoms with E-state index in [1.807, 2.05) is 0 Å². The fourth-order valence-corrected chi connectivity index (χ4v) is 1.29. The van der Waals surface area contributed by atoms with Crippen LogP contribution in [0.15, 0.2) is 24.3 Å². The van der Waals surface area contributed by atoms with Gasteiger partial charge in [-0.2, -0.15) is 0 Å². The minimum atomic E-state index is 0.349. The van der Waals surface area contributed by atoms with E-state index in [1.165, 1.54) is 32.1 Å². The zero-order chi connectivity index (χ0) is 10.5. The number of hydrogen-bond donors (Lipinski definition) is 1. The number of aliphatic hydroxyl groups excluding tert-OH is 1. The third kappa shape index (κ3) is 11.4. The van der Waals surface area contributed by atoms with Gasteiger partial charge in [-0.3, -0.25) is 0 Å². The molecule has 14 heavy (non-hydrogen) atoms. The van der Waals surface area contributed by atoms with Gasteiger partial charge >= 0.3 is 0 Å². The van der Waals surface area contributed by atoms with E-state index in [1.54, 1.807) is 0 Å². The first-order valence-corrected chi connectivity index (χ1v) is 5.84. The van der Waals surface area contributed by atoms with E-state index in [0.717, 1.165) is 12.8 Å². The zero-order valence-corrected chi connectivity index (χ0v) is 9.41. The van der Waals surface area contributed by atoms with Crippen LogP contribution in [0.5, 0.6) is 0 Å². The molecule has 0 aliphatic carbocycles. The molecule has 0 atom stereocenters. The molecule has 0 aromatic heterocycles. The van der Waals surface area contributed by atoms with Crippen LogP contribution >= 0.6 is 0 Å². The first-order valence-electron chi connectivity index (χ1n) is 5.84. The topological polar surface area (TPSA) is 20.2 Å². The lowest BCUT2D eigenvalue weighted by Gasteiger charge is -1.96.